The van der Waals surface area contributed by atoms with Crippen LogP contribution in [0.25, 0.3) is 11.0 Å². The summed E-state index contributed by atoms with van der Waals surface area (Å²) in [7, 11) is 1.57. The van der Waals surface area contributed by atoms with Crippen LogP contribution in [0, 0.1) is 6.07 Å². The van der Waals surface area contributed by atoms with Crippen molar-refractivity contribution in [3.8, 4) is 5.75 Å². The normalized spacial score (nSPS) is 10.3. The Bertz CT molecular complexity index is 369. The highest BCUT2D eigenvalue weighted by Crippen LogP contribution is 2.20. The van der Waals surface area contributed by atoms with Crippen molar-refractivity contribution < 1.29 is 9.37 Å². The van der Waals surface area contributed by atoms with Gasteiger partial charge in [-0.05, 0) is 22.4 Å². The molecule has 55 valence electrons. The number of rotatable bonds is 1. The standard InChI is InChI=1S/C7H5N2O2/c1-10-6-4-2-3-5-7(6)9-11-8-5/h2,4H,1H3. The van der Waals surface area contributed by atoms with Gasteiger partial charge in [-0.2, -0.15) is 0 Å². The molecule has 1 aromatic heterocycles. The molecule has 2 rings (SSSR count). The minimum absolute atomic E-state index is 0.587. The van der Waals surface area contributed by atoms with Gasteiger partial charge >= 0.3 is 0 Å². The average Bonchev–Trinajstić information content (AvgIpc) is 2.50. The van der Waals surface area contributed by atoms with E-state index in [9.17, 15) is 0 Å². The van der Waals surface area contributed by atoms with Gasteiger partial charge in [0.25, 0.3) is 0 Å². The van der Waals surface area contributed by atoms with Crippen LogP contribution < -0.4 is 4.74 Å². The van der Waals surface area contributed by atoms with E-state index < -0.39 is 0 Å². The van der Waals surface area contributed by atoms with Crippen LogP contribution in [0.5, 0.6) is 5.75 Å². The number of aromatic nitrogens is 2. The first kappa shape index (κ1) is 6.15. The lowest BCUT2D eigenvalue weighted by Gasteiger charge is -1.95. The van der Waals surface area contributed by atoms with Crippen molar-refractivity contribution in [2.75, 3.05) is 7.11 Å². The summed E-state index contributed by atoms with van der Waals surface area (Å²) in [6.45, 7) is 0. The van der Waals surface area contributed by atoms with Crippen molar-refractivity contribution >= 4 is 11.0 Å². The molecule has 0 aliphatic carbocycles. The third kappa shape index (κ3) is 0.832. The molecule has 1 aromatic carbocycles. The first-order valence-electron chi connectivity index (χ1n) is 3.09. The van der Waals surface area contributed by atoms with Gasteiger partial charge in [-0.25, -0.2) is 4.63 Å². The molecule has 0 fully saturated rings. The summed E-state index contributed by atoms with van der Waals surface area (Å²) < 4.78 is 9.50. The van der Waals surface area contributed by atoms with Gasteiger partial charge in [0, 0.05) is 6.07 Å². The summed E-state index contributed by atoms with van der Waals surface area (Å²) in [6, 6.07) is 6.33. The number of methoxy groups -OCH3 is 1. The fraction of sp³-hybridized carbons (Fsp3) is 0.143. The maximum atomic E-state index is 5.00. The maximum Gasteiger partial charge on any atom is 0.177 e. The molecule has 0 amide bonds. The Morgan fingerprint density at radius 3 is 3.27 bits per heavy atom. The van der Waals surface area contributed by atoms with E-state index in [2.05, 4.69) is 21.0 Å². The molecule has 0 spiro atoms. The van der Waals surface area contributed by atoms with Crippen LogP contribution in [0.1, 0.15) is 0 Å². The number of benzene rings is 1. The number of hydrogen-bond donors (Lipinski definition) is 0. The minimum Gasteiger partial charge on any atom is -0.494 e. The van der Waals surface area contributed by atoms with Gasteiger partial charge in [-0.3, -0.25) is 0 Å². The van der Waals surface area contributed by atoms with Crippen molar-refractivity contribution in [3.63, 3.8) is 0 Å². The van der Waals surface area contributed by atoms with Gasteiger partial charge in [-0.15, -0.1) is 0 Å². The van der Waals surface area contributed by atoms with Crippen molar-refractivity contribution in [2.45, 2.75) is 0 Å². The van der Waals surface area contributed by atoms with E-state index in [1.54, 1.807) is 19.2 Å². The molecule has 1 heterocycles. The van der Waals surface area contributed by atoms with Crippen LogP contribution in [-0.2, 0) is 0 Å². The second kappa shape index (κ2) is 2.23. The molecular weight excluding hydrogens is 144 g/mol. The molecule has 0 saturated carbocycles. The molecule has 4 heteroatoms. The molecule has 0 saturated heterocycles. The van der Waals surface area contributed by atoms with E-state index in [0.29, 0.717) is 16.8 Å². The largest absolute Gasteiger partial charge is 0.494 e. The van der Waals surface area contributed by atoms with Gasteiger partial charge in [0.15, 0.2) is 5.52 Å². The Kier molecular flexibility index (Phi) is 1.25. The Morgan fingerprint density at radius 1 is 1.55 bits per heavy atom. The first-order valence-corrected chi connectivity index (χ1v) is 3.09. The minimum atomic E-state index is 0.587. The summed E-state index contributed by atoms with van der Waals surface area (Å²) in [5.41, 5.74) is 1.19. The van der Waals surface area contributed by atoms with E-state index in [1.807, 2.05) is 0 Å². The highest BCUT2D eigenvalue weighted by atomic mass is 16.6. The van der Waals surface area contributed by atoms with E-state index in [1.165, 1.54) is 0 Å². The van der Waals surface area contributed by atoms with Gasteiger partial charge in [0.1, 0.15) is 11.3 Å². The van der Waals surface area contributed by atoms with Crippen LogP contribution in [0.4, 0.5) is 0 Å². The molecule has 11 heavy (non-hydrogen) atoms. The van der Waals surface area contributed by atoms with Gasteiger partial charge in [-0.1, -0.05) is 0 Å². The van der Waals surface area contributed by atoms with Gasteiger partial charge in [0.2, 0.25) is 0 Å². The molecule has 0 aliphatic heterocycles. The van der Waals surface area contributed by atoms with Crippen LogP contribution in [0.3, 0.4) is 0 Å². The second-order valence-electron chi connectivity index (χ2n) is 2.01. The summed E-state index contributed by atoms with van der Waals surface area (Å²) in [6.07, 6.45) is 0. The summed E-state index contributed by atoms with van der Waals surface area (Å²) in [4.78, 5) is 0. The highest BCUT2D eigenvalue weighted by Gasteiger charge is 2.04. The third-order valence-corrected chi connectivity index (χ3v) is 1.40. The quantitative estimate of drug-likeness (QED) is 0.607. The zero-order chi connectivity index (χ0) is 7.68. The molecule has 0 unspecified atom stereocenters. The smallest absolute Gasteiger partial charge is 0.177 e. The molecule has 1 radical (unpaired) electrons. The lowest BCUT2D eigenvalue weighted by Crippen LogP contribution is -1.83. The van der Waals surface area contributed by atoms with Gasteiger partial charge in [0.05, 0.1) is 7.11 Å². The summed E-state index contributed by atoms with van der Waals surface area (Å²) in [5.74, 6) is 0.653. The third-order valence-electron chi connectivity index (χ3n) is 1.40. The fourth-order valence-electron chi connectivity index (χ4n) is 0.885. The van der Waals surface area contributed by atoms with Crippen molar-refractivity contribution in [1.82, 2.24) is 10.3 Å². The number of fused-ring (bicyclic) bond motifs is 1. The average molecular weight is 149 g/mol. The Morgan fingerprint density at radius 2 is 2.45 bits per heavy atom. The molecule has 0 bridgehead atoms. The van der Waals surface area contributed by atoms with Crippen LogP contribution in [0.15, 0.2) is 16.8 Å². The highest BCUT2D eigenvalue weighted by molar-refractivity contribution is 5.79. The zero-order valence-corrected chi connectivity index (χ0v) is 5.87. The van der Waals surface area contributed by atoms with Crippen LogP contribution in [-0.4, -0.2) is 17.4 Å². The monoisotopic (exact) mass is 149 g/mol. The van der Waals surface area contributed by atoms with Crippen molar-refractivity contribution in [3.05, 3.63) is 18.2 Å². The number of hydrogen-bond acceptors (Lipinski definition) is 4. The van der Waals surface area contributed by atoms with Crippen molar-refractivity contribution in [2.24, 2.45) is 0 Å². The van der Waals surface area contributed by atoms with E-state index in [4.69, 9.17) is 4.74 Å². The molecule has 0 aliphatic rings. The van der Waals surface area contributed by atoms with E-state index in [-0.39, 0.29) is 0 Å². The maximum absolute atomic E-state index is 5.00. The molecule has 2 aromatic rings. The Balaban J connectivity index is 2.79. The number of nitrogens with zero attached hydrogens (tertiary/aromatic N) is 2. The molecule has 4 nitrogen and oxygen atoms in total. The van der Waals surface area contributed by atoms with Crippen LogP contribution >= 0.6 is 0 Å². The summed E-state index contributed by atoms with van der Waals surface area (Å²) in [5, 5.41) is 7.25. The SMILES string of the molecule is COc1cc[c]c2nonc12. The second-order valence-corrected chi connectivity index (χ2v) is 2.01. The Labute approximate surface area is 62.7 Å². The zero-order valence-electron chi connectivity index (χ0n) is 5.87. The van der Waals surface area contributed by atoms with E-state index >= 15 is 0 Å². The van der Waals surface area contributed by atoms with Crippen LogP contribution in [0.2, 0.25) is 0 Å². The number of ether oxygens (including phenoxy) is 1. The lowest BCUT2D eigenvalue weighted by atomic mass is 10.3. The predicted molar refractivity (Wildman–Crippen MR) is 37.2 cm³/mol. The predicted octanol–water partition coefficient (Wildman–Crippen LogP) is 1.03. The fourth-order valence-corrected chi connectivity index (χ4v) is 0.885. The summed E-state index contributed by atoms with van der Waals surface area (Å²) >= 11 is 0. The van der Waals surface area contributed by atoms with E-state index in [0.717, 1.165) is 0 Å². The molecule has 0 atom stereocenters. The topological polar surface area (TPSA) is 48.2 Å². The van der Waals surface area contributed by atoms with Crippen molar-refractivity contribution in [1.29, 1.82) is 0 Å². The lowest BCUT2D eigenvalue weighted by molar-refractivity contribution is 0.313. The van der Waals surface area contributed by atoms with Gasteiger partial charge < -0.3 is 4.74 Å². The first-order chi connectivity index (χ1) is 5.42. The Hall–Kier alpha value is -1.58. The molecular formula is C7H5N2O2. The molecule has 0 N–H and O–H groups in total.